The van der Waals surface area contributed by atoms with Crippen LogP contribution in [0.25, 0.3) is 22.2 Å². The van der Waals surface area contributed by atoms with Crippen LogP contribution in [0.3, 0.4) is 0 Å². The minimum Gasteiger partial charge on any atom is -0.493 e. The molecule has 0 aliphatic carbocycles. The van der Waals surface area contributed by atoms with Gasteiger partial charge in [-0.25, -0.2) is 4.98 Å². The molecule has 0 unspecified atom stereocenters. The molecule has 2 aromatic heterocycles. The highest BCUT2D eigenvalue weighted by Gasteiger charge is 2.19. The molecule has 0 amide bonds. The number of pyridine rings is 1. The van der Waals surface area contributed by atoms with Gasteiger partial charge in [-0.05, 0) is 47.2 Å². The van der Waals surface area contributed by atoms with E-state index in [4.69, 9.17) is 4.74 Å². The van der Waals surface area contributed by atoms with Crippen molar-refractivity contribution in [2.75, 3.05) is 12.9 Å². The number of ether oxygens (including phenoxy) is 1. The molecule has 0 radical (unpaired) electrons. The highest BCUT2D eigenvalue weighted by atomic mass is 32.2. The van der Waals surface area contributed by atoms with Gasteiger partial charge < -0.3 is 9.94 Å². The molecule has 3 rings (SSSR count). The summed E-state index contributed by atoms with van der Waals surface area (Å²) in [5.41, 5.74) is 3.57. The Morgan fingerprint density at radius 1 is 1.21 bits per heavy atom. The molecule has 0 saturated heterocycles. The molecule has 0 aliphatic rings. The van der Waals surface area contributed by atoms with Gasteiger partial charge in [0.15, 0.2) is 0 Å². The summed E-state index contributed by atoms with van der Waals surface area (Å²) in [6, 6.07) is 10.3. The van der Waals surface area contributed by atoms with Crippen molar-refractivity contribution in [1.82, 2.24) is 4.98 Å². The summed E-state index contributed by atoms with van der Waals surface area (Å²) in [7, 11) is 0. The molecule has 0 atom stereocenters. The van der Waals surface area contributed by atoms with Crippen LogP contribution in [0, 0.1) is 12.8 Å². The first-order valence-electron chi connectivity index (χ1n) is 8.04. The Bertz CT molecular complexity index is 871. The lowest BCUT2D eigenvalue weighted by Gasteiger charge is -2.15. The largest absolute Gasteiger partial charge is 0.493 e. The summed E-state index contributed by atoms with van der Waals surface area (Å²) in [6.45, 7) is 6.84. The van der Waals surface area contributed by atoms with E-state index in [-0.39, 0.29) is 0 Å². The normalized spacial score (nSPS) is 11.4. The monoisotopic (exact) mass is 343 g/mol. The Hall–Kier alpha value is -2.14. The Morgan fingerprint density at radius 2 is 2.00 bits per heavy atom. The van der Waals surface area contributed by atoms with E-state index >= 15 is 0 Å². The average Bonchev–Trinajstić information content (AvgIpc) is 3.06. The average molecular weight is 343 g/mol. The van der Waals surface area contributed by atoms with Crippen LogP contribution >= 0.6 is 11.8 Å². The Balaban J connectivity index is 2.20. The second-order valence-electron chi connectivity index (χ2n) is 6.32. The third-order valence-corrected chi connectivity index (χ3v) is 4.69. The molecule has 24 heavy (non-hydrogen) atoms. The van der Waals surface area contributed by atoms with Crippen LogP contribution in [0.5, 0.6) is 5.75 Å². The number of aromatic amines is 1. The molecule has 2 N–H and O–H groups in total. The molecule has 0 saturated carbocycles. The zero-order valence-electron chi connectivity index (χ0n) is 14.5. The summed E-state index contributed by atoms with van der Waals surface area (Å²) in [4.78, 5) is 4.29. The molecule has 4 nitrogen and oxygen atoms in total. The van der Waals surface area contributed by atoms with E-state index in [1.807, 2.05) is 31.3 Å². The van der Waals surface area contributed by atoms with Crippen molar-refractivity contribution in [3.8, 4) is 16.9 Å². The predicted molar refractivity (Wildman–Crippen MR) is 98.0 cm³/mol. The number of nitrogens with zero attached hydrogens (tertiary/aromatic N) is 1. The third-order valence-electron chi connectivity index (χ3n) is 3.96. The predicted octanol–water partition coefficient (Wildman–Crippen LogP) is 4.42. The van der Waals surface area contributed by atoms with Crippen LogP contribution in [0.15, 0.2) is 41.4 Å². The van der Waals surface area contributed by atoms with Crippen molar-refractivity contribution in [3.05, 3.63) is 42.2 Å². The van der Waals surface area contributed by atoms with Crippen molar-refractivity contribution in [1.29, 1.82) is 0 Å². The molecular formula is C19H23N2O2S+. The fraction of sp³-hybridized carbons (Fsp3) is 0.316. The minimum atomic E-state index is 0.461. The number of aromatic nitrogens is 2. The fourth-order valence-electron chi connectivity index (χ4n) is 2.73. The Kier molecular flexibility index (Phi) is 4.71. The van der Waals surface area contributed by atoms with Gasteiger partial charge in [0, 0.05) is 22.9 Å². The standard InChI is InChI=1S/C19H22N2O2S/c1-12(2)11-23-18-6-5-14(24-4)10-17(18)16-9-13(3)21(22)19-15(16)7-8-20-19/h5-10,12,22H,11H2,1-4H3/p+1. The first kappa shape index (κ1) is 16.7. The minimum absolute atomic E-state index is 0.461. The number of aryl methyl sites for hydroxylation is 1. The number of thioether (sulfide) groups is 1. The van der Waals surface area contributed by atoms with Gasteiger partial charge in [0.1, 0.15) is 11.4 Å². The lowest BCUT2D eigenvalue weighted by Crippen LogP contribution is -2.34. The molecule has 3 aromatic rings. The number of rotatable bonds is 5. The highest BCUT2D eigenvalue weighted by Crippen LogP contribution is 2.37. The van der Waals surface area contributed by atoms with Gasteiger partial charge >= 0.3 is 5.65 Å². The van der Waals surface area contributed by atoms with E-state index in [1.54, 1.807) is 11.8 Å². The third kappa shape index (κ3) is 3.08. The first-order valence-corrected chi connectivity index (χ1v) is 9.27. The molecule has 0 fully saturated rings. The first-order chi connectivity index (χ1) is 11.5. The number of hydrogen-bond acceptors (Lipinski definition) is 3. The maximum Gasteiger partial charge on any atom is 0.326 e. The van der Waals surface area contributed by atoms with Gasteiger partial charge in [-0.2, -0.15) is 0 Å². The van der Waals surface area contributed by atoms with Crippen LogP contribution < -0.4 is 9.47 Å². The van der Waals surface area contributed by atoms with E-state index < -0.39 is 0 Å². The second-order valence-corrected chi connectivity index (χ2v) is 7.20. The van der Waals surface area contributed by atoms with E-state index in [0.717, 1.165) is 28.0 Å². The molecule has 0 bridgehead atoms. The molecule has 0 aliphatic heterocycles. The van der Waals surface area contributed by atoms with Crippen LogP contribution in [-0.4, -0.2) is 23.1 Å². The topological polar surface area (TPSA) is 49.1 Å². The summed E-state index contributed by atoms with van der Waals surface area (Å²) in [6.07, 6.45) is 3.91. The van der Waals surface area contributed by atoms with Crippen molar-refractivity contribution in [2.45, 2.75) is 25.7 Å². The van der Waals surface area contributed by atoms with Crippen molar-refractivity contribution >= 4 is 22.8 Å². The highest BCUT2D eigenvalue weighted by molar-refractivity contribution is 7.98. The Labute approximate surface area is 146 Å². The summed E-state index contributed by atoms with van der Waals surface area (Å²) in [5, 5.41) is 11.2. The molecule has 126 valence electrons. The number of nitrogens with one attached hydrogen (secondary N) is 1. The summed E-state index contributed by atoms with van der Waals surface area (Å²) < 4.78 is 7.25. The van der Waals surface area contributed by atoms with Crippen LogP contribution in [-0.2, 0) is 0 Å². The van der Waals surface area contributed by atoms with E-state index in [9.17, 15) is 5.21 Å². The number of H-pyrrole nitrogens is 1. The van der Waals surface area contributed by atoms with Gasteiger partial charge in [-0.1, -0.05) is 13.8 Å². The SMILES string of the molecule is CSc1ccc(OCC(C)C)c(-c2cc(C)[n+](O)c3[nH]ccc23)c1. The van der Waals surface area contributed by atoms with Gasteiger partial charge in [0.2, 0.25) is 0 Å². The molecule has 2 heterocycles. The maximum atomic E-state index is 10.2. The maximum absolute atomic E-state index is 10.2. The number of hydrogen-bond donors (Lipinski definition) is 2. The van der Waals surface area contributed by atoms with Crippen LogP contribution in [0.2, 0.25) is 0 Å². The smallest absolute Gasteiger partial charge is 0.326 e. The van der Waals surface area contributed by atoms with Gasteiger partial charge in [0.05, 0.1) is 18.2 Å². The van der Waals surface area contributed by atoms with Gasteiger partial charge in [-0.3, -0.25) is 0 Å². The second kappa shape index (κ2) is 6.77. The van der Waals surface area contributed by atoms with Crippen molar-refractivity contribution in [2.24, 2.45) is 5.92 Å². The quantitative estimate of drug-likeness (QED) is 0.409. The van der Waals surface area contributed by atoms with Crippen LogP contribution in [0.4, 0.5) is 0 Å². The van der Waals surface area contributed by atoms with Crippen molar-refractivity contribution in [3.63, 3.8) is 0 Å². The van der Waals surface area contributed by atoms with E-state index in [1.165, 1.54) is 9.63 Å². The van der Waals surface area contributed by atoms with Gasteiger partial charge in [0.25, 0.3) is 0 Å². The molecule has 5 heteroatoms. The Morgan fingerprint density at radius 3 is 2.71 bits per heavy atom. The summed E-state index contributed by atoms with van der Waals surface area (Å²) >= 11 is 1.71. The van der Waals surface area contributed by atoms with E-state index in [2.05, 4.69) is 37.2 Å². The van der Waals surface area contributed by atoms with Gasteiger partial charge in [-0.15, -0.1) is 11.8 Å². The molecular weight excluding hydrogens is 320 g/mol. The lowest BCUT2D eigenvalue weighted by atomic mass is 10.0. The summed E-state index contributed by atoms with van der Waals surface area (Å²) in [5.74, 6) is 1.33. The zero-order chi connectivity index (χ0) is 17.3. The number of benzene rings is 1. The van der Waals surface area contributed by atoms with Crippen LogP contribution in [0.1, 0.15) is 19.5 Å². The molecule has 1 aromatic carbocycles. The van der Waals surface area contributed by atoms with E-state index in [0.29, 0.717) is 18.2 Å². The zero-order valence-corrected chi connectivity index (χ0v) is 15.3. The molecule has 0 spiro atoms. The fourth-order valence-corrected chi connectivity index (χ4v) is 3.17. The lowest BCUT2D eigenvalue weighted by molar-refractivity contribution is -0.889. The number of fused-ring (bicyclic) bond motifs is 1. The van der Waals surface area contributed by atoms with Crippen molar-refractivity contribution < 1.29 is 14.7 Å².